The van der Waals surface area contributed by atoms with Crippen molar-refractivity contribution in [3.05, 3.63) is 29.6 Å². The van der Waals surface area contributed by atoms with Gasteiger partial charge in [0.1, 0.15) is 11.6 Å². The van der Waals surface area contributed by atoms with Gasteiger partial charge in [-0.2, -0.15) is 0 Å². The van der Waals surface area contributed by atoms with E-state index in [0.717, 1.165) is 0 Å². The first-order chi connectivity index (χ1) is 6.50. The lowest BCUT2D eigenvalue weighted by molar-refractivity contribution is 0.182. The summed E-state index contributed by atoms with van der Waals surface area (Å²) in [6.45, 7) is 5.35. The van der Waals surface area contributed by atoms with Gasteiger partial charge in [0.2, 0.25) is 0 Å². The molecule has 1 atom stereocenters. The minimum atomic E-state index is -0.723. The molecule has 14 heavy (non-hydrogen) atoms. The molecule has 0 bridgehead atoms. The predicted octanol–water partition coefficient (Wildman–Crippen LogP) is 2.67. The third-order valence-electron chi connectivity index (χ3n) is 1.78. The van der Waals surface area contributed by atoms with Crippen molar-refractivity contribution in [1.29, 1.82) is 0 Å². The average molecular weight is 198 g/mol. The Labute approximate surface area is 83.3 Å². The monoisotopic (exact) mass is 198 g/mol. The van der Waals surface area contributed by atoms with Gasteiger partial charge in [-0.05, 0) is 39.0 Å². The van der Waals surface area contributed by atoms with Gasteiger partial charge >= 0.3 is 0 Å². The normalized spacial score (nSPS) is 13.0. The van der Waals surface area contributed by atoms with E-state index in [4.69, 9.17) is 4.74 Å². The Hall–Kier alpha value is -1.09. The lowest BCUT2D eigenvalue weighted by Gasteiger charge is -2.15. The number of hydrogen-bond acceptors (Lipinski definition) is 2. The van der Waals surface area contributed by atoms with Crippen molar-refractivity contribution >= 4 is 0 Å². The third-order valence-corrected chi connectivity index (χ3v) is 1.78. The summed E-state index contributed by atoms with van der Waals surface area (Å²) in [6, 6.07) is 4.16. The highest BCUT2D eigenvalue weighted by Gasteiger charge is 2.11. The van der Waals surface area contributed by atoms with E-state index in [-0.39, 0.29) is 11.9 Å². The second kappa shape index (κ2) is 4.42. The number of aliphatic hydroxyl groups is 1. The van der Waals surface area contributed by atoms with Gasteiger partial charge in [0.25, 0.3) is 0 Å². The highest BCUT2D eigenvalue weighted by atomic mass is 19.1. The highest BCUT2D eigenvalue weighted by molar-refractivity contribution is 5.35. The van der Waals surface area contributed by atoms with Crippen LogP contribution in [0.25, 0.3) is 0 Å². The Morgan fingerprint density at radius 3 is 2.43 bits per heavy atom. The summed E-state index contributed by atoms with van der Waals surface area (Å²) >= 11 is 0. The van der Waals surface area contributed by atoms with E-state index in [1.54, 1.807) is 6.92 Å². The SMILES string of the molecule is CC(C)Oc1ccc(F)cc1C(C)O. The zero-order valence-electron chi connectivity index (χ0n) is 8.62. The molecule has 0 saturated heterocycles. The Morgan fingerprint density at radius 2 is 1.93 bits per heavy atom. The molecule has 2 nitrogen and oxygen atoms in total. The van der Waals surface area contributed by atoms with Gasteiger partial charge < -0.3 is 9.84 Å². The summed E-state index contributed by atoms with van der Waals surface area (Å²) in [6.07, 6.45) is -0.711. The first kappa shape index (κ1) is 11.0. The average Bonchev–Trinajstić information content (AvgIpc) is 2.07. The molecule has 1 N–H and O–H groups in total. The Kier molecular flexibility index (Phi) is 3.47. The lowest BCUT2D eigenvalue weighted by Crippen LogP contribution is -2.08. The van der Waals surface area contributed by atoms with Crippen LogP contribution >= 0.6 is 0 Å². The third kappa shape index (κ3) is 2.70. The predicted molar refractivity (Wildman–Crippen MR) is 52.8 cm³/mol. The van der Waals surface area contributed by atoms with Crippen molar-refractivity contribution in [1.82, 2.24) is 0 Å². The van der Waals surface area contributed by atoms with Crippen LogP contribution in [0.3, 0.4) is 0 Å². The van der Waals surface area contributed by atoms with Crippen molar-refractivity contribution < 1.29 is 14.2 Å². The summed E-state index contributed by atoms with van der Waals surface area (Å²) in [4.78, 5) is 0. The second-order valence-electron chi connectivity index (χ2n) is 3.52. The molecule has 0 fully saturated rings. The molecule has 0 spiro atoms. The molecule has 1 unspecified atom stereocenters. The Bertz CT molecular complexity index is 308. The van der Waals surface area contributed by atoms with Crippen LogP contribution < -0.4 is 4.74 Å². The molecule has 0 aliphatic rings. The molecule has 0 radical (unpaired) electrons. The molecule has 0 saturated carbocycles. The van der Waals surface area contributed by atoms with Crippen LogP contribution in [-0.4, -0.2) is 11.2 Å². The topological polar surface area (TPSA) is 29.5 Å². The summed E-state index contributed by atoms with van der Waals surface area (Å²) in [5, 5.41) is 9.40. The highest BCUT2D eigenvalue weighted by Crippen LogP contribution is 2.26. The van der Waals surface area contributed by atoms with Gasteiger partial charge in [-0.15, -0.1) is 0 Å². The molecule has 0 aliphatic heterocycles. The van der Waals surface area contributed by atoms with Crippen LogP contribution in [0.4, 0.5) is 4.39 Å². The molecular formula is C11H15FO2. The van der Waals surface area contributed by atoms with Gasteiger partial charge in [-0.1, -0.05) is 0 Å². The lowest BCUT2D eigenvalue weighted by atomic mass is 10.1. The fourth-order valence-corrected chi connectivity index (χ4v) is 1.21. The maximum absolute atomic E-state index is 12.9. The number of halogens is 1. The summed E-state index contributed by atoms with van der Waals surface area (Å²) in [5.41, 5.74) is 0.485. The Balaban J connectivity index is 3.02. The van der Waals surface area contributed by atoms with Crippen molar-refractivity contribution in [2.45, 2.75) is 33.0 Å². The van der Waals surface area contributed by atoms with E-state index in [2.05, 4.69) is 0 Å². The van der Waals surface area contributed by atoms with Gasteiger partial charge in [0.15, 0.2) is 0 Å². The summed E-state index contributed by atoms with van der Waals surface area (Å²) in [5.74, 6) is 0.174. The van der Waals surface area contributed by atoms with Gasteiger partial charge in [0, 0.05) is 5.56 Å². The fourth-order valence-electron chi connectivity index (χ4n) is 1.21. The zero-order chi connectivity index (χ0) is 10.7. The van der Waals surface area contributed by atoms with Gasteiger partial charge in [-0.25, -0.2) is 4.39 Å². The summed E-state index contributed by atoms with van der Waals surface area (Å²) < 4.78 is 18.3. The number of hydrogen-bond donors (Lipinski definition) is 1. The van der Waals surface area contributed by atoms with Crippen molar-refractivity contribution in [3.63, 3.8) is 0 Å². The van der Waals surface area contributed by atoms with Crippen LogP contribution in [0.5, 0.6) is 5.75 Å². The van der Waals surface area contributed by atoms with E-state index in [1.165, 1.54) is 18.2 Å². The zero-order valence-corrected chi connectivity index (χ0v) is 8.62. The van der Waals surface area contributed by atoms with Crippen LogP contribution in [0.15, 0.2) is 18.2 Å². The Morgan fingerprint density at radius 1 is 1.29 bits per heavy atom. The molecule has 78 valence electrons. The van der Waals surface area contributed by atoms with Gasteiger partial charge in [0.05, 0.1) is 12.2 Å². The molecule has 1 rings (SSSR count). The van der Waals surface area contributed by atoms with E-state index in [9.17, 15) is 9.50 Å². The van der Waals surface area contributed by atoms with E-state index in [0.29, 0.717) is 11.3 Å². The van der Waals surface area contributed by atoms with E-state index < -0.39 is 6.10 Å². The minimum Gasteiger partial charge on any atom is -0.491 e. The summed E-state index contributed by atoms with van der Waals surface area (Å²) in [7, 11) is 0. The van der Waals surface area contributed by atoms with E-state index in [1.807, 2.05) is 13.8 Å². The van der Waals surface area contributed by atoms with Crippen molar-refractivity contribution in [2.24, 2.45) is 0 Å². The number of rotatable bonds is 3. The van der Waals surface area contributed by atoms with Crippen molar-refractivity contribution in [3.8, 4) is 5.75 Å². The molecule has 3 heteroatoms. The van der Waals surface area contributed by atoms with Crippen LogP contribution in [-0.2, 0) is 0 Å². The smallest absolute Gasteiger partial charge is 0.125 e. The molecule has 1 aromatic carbocycles. The first-order valence-electron chi connectivity index (χ1n) is 4.65. The fraction of sp³-hybridized carbons (Fsp3) is 0.455. The largest absolute Gasteiger partial charge is 0.491 e. The minimum absolute atomic E-state index is 0.0120. The molecular weight excluding hydrogens is 183 g/mol. The van der Waals surface area contributed by atoms with E-state index >= 15 is 0 Å². The van der Waals surface area contributed by atoms with Crippen LogP contribution in [0.2, 0.25) is 0 Å². The standard InChI is InChI=1S/C11H15FO2/c1-7(2)14-11-5-4-9(12)6-10(11)8(3)13/h4-8,13H,1-3H3. The maximum Gasteiger partial charge on any atom is 0.125 e. The van der Waals surface area contributed by atoms with Crippen molar-refractivity contribution in [2.75, 3.05) is 0 Å². The van der Waals surface area contributed by atoms with Gasteiger partial charge in [-0.3, -0.25) is 0 Å². The number of benzene rings is 1. The van der Waals surface area contributed by atoms with Crippen LogP contribution in [0.1, 0.15) is 32.4 Å². The number of aliphatic hydroxyl groups excluding tert-OH is 1. The first-order valence-corrected chi connectivity index (χ1v) is 4.65. The van der Waals surface area contributed by atoms with Crippen LogP contribution in [0, 0.1) is 5.82 Å². The number of ether oxygens (including phenoxy) is 1. The molecule has 0 heterocycles. The molecule has 0 aromatic heterocycles. The second-order valence-corrected chi connectivity index (χ2v) is 3.52. The quantitative estimate of drug-likeness (QED) is 0.809. The molecule has 0 amide bonds. The molecule has 0 aliphatic carbocycles. The maximum atomic E-state index is 12.9. The molecule has 1 aromatic rings.